The van der Waals surface area contributed by atoms with E-state index in [1.54, 1.807) is 30.3 Å². The Hall–Kier alpha value is -2.61. The highest BCUT2D eigenvalue weighted by Gasteiger charge is 2.21. The first-order chi connectivity index (χ1) is 11.3. The summed E-state index contributed by atoms with van der Waals surface area (Å²) in [7, 11) is 0. The number of halogens is 1. The first-order valence-corrected chi connectivity index (χ1v) is 7.79. The first kappa shape index (κ1) is 17.7. The first-order valence-electron chi connectivity index (χ1n) is 7.00. The summed E-state index contributed by atoms with van der Waals surface area (Å²) < 4.78 is 10.5. The quantitative estimate of drug-likeness (QED) is 0.758. The number of furan rings is 1. The monoisotopic (exact) mass is 394 g/mol. The Morgan fingerprint density at radius 1 is 1.04 bits per heavy atom. The van der Waals surface area contributed by atoms with E-state index in [4.69, 9.17) is 9.15 Å². The summed E-state index contributed by atoms with van der Waals surface area (Å²) >= 11 is 3.08. The van der Waals surface area contributed by atoms with Crippen LogP contribution in [0.15, 0.2) is 45.5 Å². The van der Waals surface area contributed by atoms with Gasteiger partial charge >= 0.3 is 5.97 Å². The van der Waals surface area contributed by atoms with E-state index >= 15 is 0 Å². The number of hydrogen-bond donors (Lipinski definition) is 2. The molecule has 0 saturated heterocycles. The number of carbonyl (C=O) groups excluding carboxylic acids is 3. The number of amides is 2. The van der Waals surface area contributed by atoms with Gasteiger partial charge in [-0.25, -0.2) is 4.79 Å². The maximum atomic E-state index is 12.0. The van der Waals surface area contributed by atoms with Gasteiger partial charge < -0.3 is 19.8 Å². The predicted octanol–water partition coefficient (Wildman–Crippen LogP) is 3.18. The van der Waals surface area contributed by atoms with Crippen LogP contribution in [0.25, 0.3) is 0 Å². The number of carbonyl (C=O) groups is 3. The normalized spacial score (nSPS) is 11.5. The smallest absolute Gasteiger partial charge is 0.375 e. The fraction of sp³-hybridized carbons (Fsp3) is 0.188. The van der Waals surface area contributed by atoms with Crippen LogP contribution in [0.2, 0.25) is 0 Å². The number of benzene rings is 1. The third kappa shape index (κ3) is 4.95. The number of rotatable bonds is 5. The molecule has 0 fully saturated rings. The molecule has 8 heteroatoms. The van der Waals surface area contributed by atoms with Crippen molar-refractivity contribution in [3.63, 3.8) is 0 Å². The van der Waals surface area contributed by atoms with E-state index < -0.39 is 18.0 Å². The summed E-state index contributed by atoms with van der Waals surface area (Å²) in [4.78, 5) is 34.8. The molecule has 0 radical (unpaired) electrons. The van der Waals surface area contributed by atoms with Crippen molar-refractivity contribution in [2.45, 2.75) is 20.0 Å². The van der Waals surface area contributed by atoms with Crippen LogP contribution in [-0.2, 0) is 14.3 Å². The van der Waals surface area contributed by atoms with E-state index in [2.05, 4.69) is 26.6 Å². The maximum Gasteiger partial charge on any atom is 0.375 e. The van der Waals surface area contributed by atoms with E-state index in [9.17, 15) is 14.4 Å². The molecule has 7 nitrogen and oxygen atoms in total. The molecule has 24 heavy (non-hydrogen) atoms. The summed E-state index contributed by atoms with van der Waals surface area (Å²) in [5, 5.41) is 5.23. The Morgan fingerprint density at radius 3 is 2.12 bits per heavy atom. The lowest BCUT2D eigenvalue weighted by molar-refractivity contribution is -0.123. The third-order valence-corrected chi connectivity index (χ3v) is 3.33. The van der Waals surface area contributed by atoms with Crippen LogP contribution < -0.4 is 10.6 Å². The van der Waals surface area contributed by atoms with Crippen LogP contribution in [0.3, 0.4) is 0 Å². The minimum Gasteiger partial charge on any atom is -0.447 e. The van der Waals surface area contributed by atoms with Crippen LogP contribution in [0, 0.1) is 0 Å². The molecule has 1 heterocycles. The number of anilines is 2. The topological polar surface area (TPSA) is 97.6 Å². The molecule has 0 aliphatic heterocycles. The van der Waals surface area contributed by atoms with E-state index in [0.717, 1.165) is 0 Å². The van der Waals surface area contributed by atoms with Gasteiger partial charge in [0.05, 0.1) is 0 Å². The number of hydrogen-bond acceptors (Lipinski definition) is 5. The lowest BCUT2D eigenvalue weighted by atomic mass is 10.2. The van der Waals surface area contributed by atoms with Gasteiger partial charge in [0.25, 0.3) is 5.91 Å². The fourth-order valence-electron chi connectivity index (χ4n) is 1.78. The molecular formula is C16H15BrN2O5. The summed E-state index contributed by atoms with van der Waals surface area (Å²) in [5.41, 5.74) is 1.13. The van der Waals surface area contributed by atoms with Gasteiger partial charge in [0.1, 0.15) is 0 Å². The van der Waals surface area contributed by atoms with Crippen LogP contribution in [0.1, 0.15) is 24.4 Å². The largest absolute Gasteiger partial charge is 0.447 e. The zero-order valence-electron chi connectivity index (χ0n) is 13.0. The molecule has 1 unspecified atom stereocenters. The van der Waals surface area contributed by atoms with Crippen molar-refractivity contribution < 1.29 is 23.5 Å². The molecule has 126 valence electrons. The van der Waals surface area contributed by atoms with E-state index in [1.165, 1.54) is 19.9 Å². The van der Waals surface area contributed by atoms with Gasteiger partial charge in [-0.1, -0.05) is 0 Å². The Morgan fingerprint density at radius 2 is 1.62 bits per heavy atom. The van der Waals surface area contributed by atoms with Crippen LogP contribution >= 0.6 is 15.9 Å². The minimum absolute atomic E-state index is 0.00110. The van der Waals surface area contributed by atoms with Crippen molar-refractivity contribution in [1.82, 2.24) is 0 Å². The van der Waals surface area contributed by atoms with E-state index in [1.807, 2.05) is 0 Å². The van der Waals surface area contributed by atoms with Crippen LogP contribution in [0.4, 0.5) is 11.4 Å². The van der Waals surface area contributed by atoms with Gasteiger partial charge in [-0.05, 0) is 59.3 Å². The second-order valence-corrected chi connectivity index (χ2v) is 5.68. The van der Waals surface area contributed by atoms with Crippen molar-refractivity contribution in [1.29, 1.82) is 0 Å². The maximum absolute atomic E-state index is 12.0. The van der Waals surface area contributed by atoms with E-state index in [0.29, 0.717) is 16.0 Å². The summed E-state index contributed by atoms with van der Waals surface area (Å²) in [6.07, 6.45) is -1.00. The van der Waals surface area contributed by atoms with Gasteiger partial charge in [0.2, 0.25) is 11.7 Å². The summed E-state index contributed by atoms with van der Waals surface area (Å²) in [6, 6.07) is 9.54. The lowest BCUT2D eigenvalue weighted by Crippen LogP contribution is -2.29. The highest BCUT2D eigenvalue weighted by molar-refractivity contribution is 9.10. The van der Waals surface area contributed by atoms with Gasteiger partial charge in [-0.15, -0.1) is 0 Å². The molecule has 1 aromatic carbocycles. The fourth-order valence-corrected chi connectivity index (χ4v) is 2.09. The second-order valence-electron chi connectivity index (χ2n) is 4.90. The average Bonchev–Trinajstić information content (AvgIpc) is 2.95. The van der Waals surface area contributed by atoms with Crippen LogP contribution in [-0.4, -0.2) is 23.9 Å². The molecule has 0 spiro atoms. The molecule has 0 aliphatic carbocycles. The molecule has 1 atom stereocenters. The SMILES string of the molecule is CC(=O)Nc1ccc(NC(=O)C(C)OC(=O)c2ccc(Br)o2)cc1. The van der Waals surface area contributed by atoms with Crippen molar-refractivity contribution in [2.75, 3.05) is 10.6 Å². The highest BCUT2D eigenvalue weighted by Crippen LogP contribution is 2.16. The molecule has 2 amide bonds. The average molecular weight is 395 g/mol. The number of nitrogens with one attached hydrogen (secondary N) is 2. The molecular weight excluding hydrogens is 380 g/mol. The Bertz CT molecular complexity index is 754. The second kappa shape index (κ2) is 7.78. The van der Waals surface area contributed by atoms with Crippen molar-refractivity contribution in [2.24, 2.45) is 0 Å². The number of esters is 1. The predicted molar refractivity (Wildman–Crippen MR) is 90.7 cm³/mol. The zero-order valence-corrected chi connectivity index (χ0v) is 14.5. The lowest BCUT2D eigenvalue weighted by Gasteiger charge is -2.13. The molecule has 0 saturated carbocycles. The van der Waals surface area contributed by atoms with Gasteiger partial charge in [0.15, 0.2) is 10.8 Å². The summed E-state index contributed by atoms with van der Waals surface area (Å²) in [6.45, 7) is 2.86. The molecule has 0 aliphatic rings. The van der Waals surface area contributed by atoms with Crippen LogP contribution in [0.5, 0.6) is 0 Å². The Labute approximate surface area is 146 Å². The zero-order chi connectivity index (χ0) is 17.7. The van der Waals surface area contributed by atoms with E-state index in [-0.39, 0.29) is 11.7 Å². The van der Waals surface area contributed by atoms with Gasteiger partial charge in [0, 0.05) is 18.3 Å². The third-order valence-electron chi connectivity index (χ3n) is 2.90. The Balaban J connectivity index is 1.91. The van der Waals surface area contributed by atoms with Gasteiger partial charge in [-0.2, -0.15) is 0 Å². The van der Waals surface area contributed by atoms with Crippen molar-refractivity contribution >= 4 is 45.1 Å². The highest BCUT2D eigenvalue weighted by atomic mass is 79.9. The molecule has 2 aromatic rings. The Kier molecular flexibility index (Phi) is 5.75. The molecule has 2 N–H and O–H groups in total. The number of ether oxygens (including phenoxy) is 1. The minimum atomic E-state index is -1.00. The molecule has 0 bridgehead atoms. The van der Waals surface area contributed by atoms with Crippen molar-refractivity contribution in [3.8, 4) is 0 Å². The van der Waals surface area contributed by atoms with Crippen molar-refractivity contribution in [3.05, 3.63) is 46.8 Å². The standard InChI is InChI=1S/C16H15BrN2O5/c1-9(23-16(22)13-7-8-14(17)24-13)15(21)19-12-5-3-11(4-6-12)18-10(2)20/h3-9H,1-2H3,(H,18,20)(H,19,21). The van der Waals surface area contributed by atoms with Gasteiger partial charge in [-0.3, -0.25) is 9.59 Å². The molecule has 1 aromatic heterocycles. The summed E-state index contributed by atoms with van der Waals surface area (Å²) in [5.74, 6) is -1.40. The molecule has 2 rings (SSSR count).